The van der Waals surface area contributed by atoms with Gasteiger partial charge in [-0.2, -0.15) is 0 Å². The smallest absolute Gasteiger partial charge is 0.309 e. The van der Waals surface area contributed by atoms with Crippen molar-refractivity contribution in [3.63, 3.8) is 0 Å². The van der Waals surface area contributed by atoms with Gasteiger partial charge >= 0.3 is 5.97 Å². The third-order valence-electron chi connectivity index (χ3n) is 5.09. The van der Waals surface area contributed by atoms with Gasteiger partial charge in [0.05, 0.1) is 23.8 Å². The predicted octanol–water partition coefficient (Wildman–Crippen LogP) is 5.58. The molecular weight excluding hydrogens is 454 g/mol. The fourth-order valence-corrected chi connectivity index (χ4v) is 3.16. The van der Waals surface area contributed by atoms with Crippen LogP contribution in [0.15, 0.2) is 60.2 Å². The molecule has 0 aromatic heterocycles. The number of ether oxygens (including phenoxy) is 2. The molecule has 1 aromatic rings. The van der Waals surface area contributed by atoms with Gasteiger partial charge in [-0.25, -0.2) is 8.78 Å². The monoisotopic (exact) mass is 486 g/mol. The molecule has 0 fully saturated rings. The maximum atomic E-state index is 14.5. The highest BCUT2D eigenvalue weighted by atomic mass is 19.1. The van der Waals surface area contributed by atoms with Crippen LogP contribution in [0.3, 0.4) is 0 Å². The number of Topliss-reactive ketones (excluding diaryl/α,β-unsaturated/α-hetero) is 1. The molecule has 0 saturated carbocycles. The summed E-state index contributed by atoms with van der Waals surface area (Å²) in [6, 6.07) is 1.57. The first-order valence-corrected chi connectivity index (χ1v) is 11.1. The Labute approximate surface area is 205 Å². The van der Waals surface area contributed by atoms with E-state index in [2.05, 4.69) is 6.58 Å². The zero-order chi connectivity index (χ0) is 26.4. The van der Waals surface area contributed by atoms with E-state index in [1.54, 1.807) is 19.1 Å². The van der Waals surface area contributed by atoms with E-state index < -0.39 is 40.6 Å². The Balaban J connectivity index is 3.14. The van der Waals surface area contributed by atoms with E-state index in [-0.39, 0.29) is 38.0 Å². The highest BCUT2D eigenvalue weighted by molar-refractivity contribution is 6.45. The molecule has 0 amide bonds. The van der Waals surface area contributed by atoms with E-state index in [1.165, 1.54) is 7.11 Å². The molecule has 8 heteroatoms. The molecule has 0 spiro atoms. The Morgan fingerprint density at radius 1 is 1.14 bits per heavy atom. The minimum absolute atomic E-state index is 0.00360. The van der Waals surface area contributed by atoms with Crippen LogP contribution in [0.2, 0.25) is 0 Å². The van der Waals surface area contributed by atoms with Crippen molar-refractivity contribution in [3.8, 4) is 0 Å². The normalized spacial score (nSPS) is 12.9. The molecule has 0 bridgehead atoms. The van der Waals surface area contributed by atoms with Gasteiger partial charge in [0.15, 0.2) is 0 Å². The van der Waals surface area contributed by atoms with Gasteiger partial charge < -0.3 is 20.3 Å². The van der Waals surface area contributed by atoms with Crippen molar-refractivity contribution in [1.29, 1.82) is 10.8 Å². The second-order valence-corrected chi connectivity index (χ2v) is 7.75. The van der Waals surface area contributed by atoms with Crippen molar-refractivity contribution in [3.05, 3.63) is 83.0 Å². The van der Waals surface area contributed by atoms with Crippen LogP contribution >= 0.6 is 0 Å². The highest BCUT2D eigenvalue weighted by Crippen LogP contribution is 2.22. The molecule has 0 unspecified atom stereocenters. The third-order valence-corrected chi connectivity index (χ3v) is 5.09. The predicted molar refractivity (Wildman–Crippen MR) is 133 cm³/mol. The molecule has 0 heterocycles. The lowest BCUT2D eigenvalue weighted by atomic mass is 9.90. The van der Waals surface area contributed by atoms with Crippen LogP contribution in [-0.2, 0) is 20.7 Å². The number of hydrogen-bond acceptors (Lipinski definition) is 6. The zero-order valence-electron chi connectivity index (χ0n) is 20.3. The van der Waals surface area contributed by atoms with Crippen LogP contribution in [0.25, 0.3) is 0 Å². The van der Waals surface area contributed by atoms with Crippen LogP contribution < -0.4 is 0 Å². The van der Waals surface area contributed by atoms with E-state index in [0.29, 0.717) is 0 Å². The number of carbonyl (C=O) groups excluding carboxylic acids is 2. The fraction of sp³-hybridized carbons (Fsp3) is 0.333. The van der Waals surface area contributed by atoms with Gasteiger partial charge in [0.25, 0.3) is 0 Å². The SMILES string of the molecule is C=C/C=C(C)/C=C\C(=C/C)C[C@H](CC(=N)C(=O)c1cc(F)c(CC=N)cc1F)C(=O)OCCOC. The van der Waals surface area contributed by atoms with E-state index >= 15 is 0 Å². The summed E-state index contributed by atoms with van der Waals surface area (Å²) in [5.41, 5.74) is 0.503. The molecular formula is C27H32F2N2O4. The average Bonchev–Trinajstić information content (AvgIpc) is 2.82. The molecule has 1 atom stereocenters. The van der Waals surface area contributed by atoms with Crippen molar-refractivity contribution in [1.82, 2.24) is 0 Å². The Hall–Kier alpha value is -3.52. The van der Waals surface area contributed by atoms with Crippen LogP contribution in [0.1, 0.15) is 42.6 Å². The number of carbonyl (C=O) groups is 2. The average molecular weight is 487 g/mol. The molecule has 2 N–H and O–H groups in total. The molecule has 0 aliphatic heterocycles. The quantitative estimate of drug-likeness (QED) is 0.111. The van der Waals surface area contributed by atoms with Gasteiger partial charge in [-0.05, 0) is 44.2 Å². The Morgan fingerprint density at radius 3 is 2.46 bits per heavy atom. The maximum absolute atomic E-state index is 14.5. The molecule has 0 radical (unpaired) electrons. The first kappa shape index (κ1) is 29.5. The molecule has 0 saturated heterocycles. The van der Waals surface area contributed by atoms with Crippen molar-refractivity contribution in [2.45, 2.75) is 33.1 Å². The zero-order valence-corrected chi connectivity index (χ0v) is 20.3. The van der Waals surface area contributed by atoms with Gasteiger partial charge in [0.2, 0.25) is 5.78 Å². The lowest BCUT2D eigenvalue weighted by Gasteiger charge is -2.17. The Morgan fingerprint density at radius 2 is 1.86 bits per heavy atom. The van der Waals surface area contributed by atoms with Crippen LogP contribution in [-0.4, -0.2) is 44.0 Å². The number of esters is 1. The number of nitrogens with one attached hydrogen (secondary N) is 2. The highest BCUT2D eigenvalue weighted by Gasteiger charge is 2.27. The Kier molecular flexibility index (Phi) is 13.0. The lowest BCUT2D eigenvalue weighted by Crippen LogP contribution is -2.26. The van der Waals surface area contributed by atoms with Crippen LogP contribution in [0.4, 0.5) is 8.78 Å². The lowest BCUT2D eigenvalue weighted by molar-refractivity contribution is -0.149. The summed E-state index contributed by atoms with van der Waals surface area (Å²) in [7, 11) is 1.46. The van der Waals surface area contributed by atoms with Crippen molar-refractivity contribution >= 4 is 23.7 Å². The molecule has 6 nitrogen and oxygen atoms in total. The number of ketones is 1. The minimum atomic E-state index is -1.01. The second-order valence-electron chi connectivity index (χ2n) is 7.75. The van der Waals surface area contributed by atoms with E-state index in [0.717, 1.165) is 29.5 Å². The molecule has 188 valence electrons. The summed E-state index contributed by atoms with van der Waals surface area (Å²) < 4.78 is 38.8. The summed E-state index contributed by atoms with van der Waals surface area (Å²) in [5, 5.41) is 15.3. The first-order chi connectivity index (χ1) is 16.7. The second kappa shape index (κ2) is 15.4. The molecule has 0 aliphatic carbocycles. The van der Waals surface area contributed by atoms with E-state index in [4.69, 9.17) is 20.3 Å². The van der Waals surface area contributed by atoms with Gasteiger partial charge in [-0.3, -0.25) is 9.59 Å². The van der Waals surface area contributed by atoms with Gasteiger partial charge in [-0.1, -0.05) is 48.1 Å². The molecule has 1 aromatic carbocycles. The van der Waals surface area contributed by atoms with Crippen molar-refractivity contribution in [2.75, 3.05) is 20.3 Å². The maximum Gasteiger partial charge on any atom is 0.309 e. The number of hydrogen-bond donors (Lipinski definition) is 2. The minimum Gasteiger partial charge on any atom is -0.463 e. The number of methoxy groups -OCH3 is 1. The van der Waals surface area contributed by atoms with Gasteiger partial charge in [0, 0.05) is 20.0 Å². The number of halogens is 2. The molecule has 1 rings (SSSR count). The topological polar surface area (TPSA) is 100 Å². The number of allylic oxidation sites excluding steroid dienone is 7. The summed E-state index contributed by atoms with van der Waals surface area (Å²) in [5.74, 6) is -4.36. The van der Waals surface area contributed by atoms with E-state index in [1.807, 2.05) is 25.2 Å². The van der Waals surface area contributed by atoms with Crippen molar-refractivity contribution < 1.29 is 27.8 Å². The first-order valence-electron chi connectivity index (χ1n) is 11.1. The summed E-state index contributed by atoms with van der Waals surface area (Å²) in [4.78, 5) is 25.5. The summed E-state index contributed by atoms with van der Waals surface area (Å²) in [6.07, 6.45) is 9.57. The van der Waals surface area contributed by atoms with Crippen molar-refractivity contribution in [2.24, 2.45) is 5.92 Å². The number of benzene rings is 1. The fourth-order valence-electron chi connectivity index (χ4n) is 3.16. The Bertz CT molecular complexity index is 1040. The van der Waals surface area contributed by atoms with Gasteiger partial charge in [0.1, 0.15) is 18.2 Å². The largest absolute Gasteiger partial charge is 0.463 e. The third kappa shape index (κ3) is 9.70. The summed E-state index contributed by atoms with van der Waals surface area (Å²) >= 11 is 0. The standard InChI is InChI=1S/C27H32F2N2O4/c1-5-7-18(3)8-9-19(6-2)14-21(27(33)35-13-12-34-4)16-25(31)26(32)22-17-23(28)20(10-11-30)15-24(22)29/h5-9,11,15,17,21,30-31H,1,10,12-14,16H2,2-4H3/b9-8-,18-7+,19-6+,30-11?,31-25?/t21-/m1/s1. The van der Waals surface area contributed by atoms with E-state index in [9.17, 15) is 18.4 Å². The van der Waals surface area contributed by atoms with Gasteiger partial charge in [-0.15, -0.1) is 0 Å². The number of rotatable bonds is 15. The summed E-state index contributed by atoms with van der Waals surface area (Å²) in [6.45, 7) is 7.51. The molecule has 0 aliphatic rings. The van der Waals surface area contributed by atoms with Crippen LogP contribution in [0.5, 0.6) is 0 Å². The molecule has 35 heavy (non-hydrogen) atoms. The van der Waals surface area contributed by atoms with Crippen LogP contribution in [0, 0.1) is 28.4 Å².